The number of rotatable bonds is 4. The largest absolute Gasteiger partial charge is 0.478 e. The van der Waals surface area contributed by atoms with Gasteiger partial charge in [-0.3, -0.25) is 0 Å². The quantitative estimate of drug-likeness (QED) is 0.334. The van der Waals surface area contributed by atoms with Crippen molar-refractivity contribution in [2.24, 2.45) is 0 Å². The maximum Gasteiger partial charge on any atom is 0.338 e. The van der Waals surface area contributed by atoms with Crippen LogP contribution in [0.4, 0.5) is 0 Å². The number of carbonyl (C=O) groups is 2. The molecule has 0 heterocycles. The van der Waals surface area contributed by atoms with Gasteiger partial charge in [-0.15, -0.1) is 0 Å². The van der Waals surface area contributed by atoms with Gasteiger partial charge in [0.05, 0.1) is 6.26 Å². The molecule has 0 aliphatic heterocycles. The first-order chi connectivity index (χ1) is 6.99. The molecule has 0 radical (unpaired) electrons. The molecule has 0 amide bonds. The minimum absolute atomic E-state index is 0.171. The second-order valence-corrected chi connectivity index (χ2v) is 2.86. The molecule has 0 atom stereocenters. The van der Waals surface area contributed by atoms with Gasteiger partial charge in [-0.25, -0.2) is 9.59 Å². The Labute approximate surface area is 88.6 Å². The summed E-state index contributed by atoms with van der Waals surface area (Å²) < 4.78 is 4.70. The normalized spacial score (nSPS) is 13.0. The number of esters is 1. The lowest BCUT2D eigenvalue weighted by atomic mass is 10.3. The van der Waals surface area contributed by atoms with Crippen LogP contribution in [0.2, 0.25) is 0 Å². The molecule has 0 saturated heterocycles. The van der Waals surface area contributed by atoms with E-state index in [-0.39, 0.29) is 5.57 Å². The van der Waals surface area contributed by atoms with E-state index < -0.39 is 11.9 Å². The molecule has 82 valence electrons. The molecule has 0 spiro atoms. The molecule has 0 aromatic heterocycles. The first-order valence-corrected chi connectivity index (χ1v) is 4.39. The van der Waals surface area contributed by atoms with Crippen LogP contribution in [0.5, 0.6) is 0 Å². The lowest BCUT2D eigenvalue weighted by Crippen LogP contribution is -2.00. The number of hydrogen-bond acceptors (Lipinski definition) is 3. The number of ether oxygens (including phenoxy) is 1. The maximum absolute atomic E-state index is 11.1. The fraction of sp³-hybridized carbons (Fsp3) is 0.273. The van der Waals surface area contributed by atoms with E-state index >= 15 is 0 Å². The molecule has 0 aliphatic carbocycles. The second kappa shape index (κ2) is 6.59. The molecule has 0 rings (SSSR count). The molecule has 0 aromatic carbocycles. The zero-order valence-corrected chi connectivity index (χ0v) is 8.98. The van der Waals surface area contributed by atoms with Crippen LogP contribution in [0, 0.1) is 0 Å². The first-order valence-electron chi connectivity index (χ1n) is 4.39. The van der Waals surface area contributed by atoms with Gasteiger partial charge in [-0.2, -0.15) is 0 Å². The molecular formula is C11H14O4. The van der Waals surface area contributed by atoms with Crippen LogP contribution in [-0.4, -0.2) is 17.0 Å². The van der Waals surface area contributed by atoms with Crippen LogP contribution in [0.25, 0.3) is 0 Å². The Morgan fingerprint density at radius 1 is 1.20 bits per heavy atom. The first kappa shape index (κ1) is 13.2. The number of aliphatic carboxylic acids is 1. The molecule has 0 aromatic rings. The third-order valence-electron chi connectivity index (χ3n) is 1.69. The fourth-order valence-electron chi connectivity index (χ4n) is 0.567. The van der Waals surface area contributed by atoms with Crippen LogP contribution in [-0.2, 0) is 14.3 Å². The van der Waals surface area contributed by atoms with Gasteiger partial charge in [0, 0.05) is 11.1 Å². The van der Waals surface area contributed by atoms with Crippen LogP contribution in [0.3, 0.4) is 0 Å². The number of carboxylic acids is 1. The van der Waals surface area contributed by atoms with Gasteiger partial charge < -0.3 is 9.84 Å². The summed E-state index contributed by atoms with van der Waals surface area (Å²) in [7, 11) is 0. The zero-order valence-electron chi connectivity index (χ0n) is 8.98. The Kier molecular flexibility index (Phi) is 5.78. The van der Waals surface area contributed by atoms with E-state index in [0.717, 1.165) is 6.26 Å². The van der Waals surface area contributed by atoms with Crippen LogP contribution in [0.15, 0.2) is 35.6 Å². The summed E-state index contributed by atoms with van der Waals surface area (Å²) in [5.74, 6) is -1.45. The van der Waals surface area contributed by atoms with E-state index in [1.165, 1.54) is 19.1 Å². The fourth-order valence-corrected chi connectivity index (χ4v) is 0.567. The summed E-state index contributed by atoms with van der Waals surface area (Å²) in [6.45, 7) is 4.81. The predicted molar refractivity (Wildman–Crippen MR) is 56.1 cm³/mol. The van der Waals surface area contributed by atoms with E-state index in [9.17, 15) is 9.59 Å². The van der Waals surface area contributed by atoms with Gasteiger partial charge in [0.25, 0.3) is 0 Å². The van der Waals surface area contributed by atoms with Crippen molar-refractivity contribution in [3.63, 3.8) is 0 Å². The molecule has 0 saturated carbocycles. The Hall–Kier alpha value is -1.84. The number of carboxylic acid groups (broad SMARTS) is 1. The lowest BCUT2D eigenvalue weighted by molar-refractivity contribution is -0.134. The van der Waals surface area contributed by atoms with Crippen molar-refractivity contribution < 1.29 is 19.4 Å². The minimum Gasteiger partial charge on any atom is -0.478 e. The summed E-state index contributed by atoms with van der Waals surface area (Å²) in [5.41, 5.74) is 0.670. The Morgan fingerprint density at radius 2 is 1.80 bits per heavy atom. The third-order valence-corrected chi connectivity index (χ3v) is 1.69. The summed E-state index contributed by atoms with van der Waals surface area (Å²) in [6, 6.07) is 0. The number of allylic oxidation sites excluding steroid dienone is 3. The molecule has 15 heavy (non-hydrogen) atoms. The average molecular weight is 210 g/mol. The van der Waals surface area contributed by atoms with Gasteiger partial charge >= 0.3 is 11.9 Å². The van der Waals surface area contributed by atoms with Crippen LogP contribution < -0.4 is 0 Å². The van der Waals surface area contributed by atoms with E-state index in [4.69, 9.17) is 9.84 Å². The Morgan fingerprint density at radius 3 is 2.27 bits per heavy atom. The van der Waals surface area contributed by atoms with Gasteiger partial charge in [-0.05, 0) is 32.9 Å². The number of hydrogen-bond donors (Lipinski definition) is 1. The summed E-state index contributed by atoms with van der Waals surface area (Å²) in [4.78, 5) is 21.4. The highest BCUT2D eigenvalue weighted by molar-refractivity contribution is 5.88. The van der Waals surface area contributed by atoms with Crippen molar-refractivity contribution in [3.8, 4) is 0 Å². The predicted octanol–water partition coefficient (Wildman–Crippen LogP) is 2.04. The topological polar surface area (TPSA) is 63.6 Å². The summed E-state index contributed by atoms with van der Waals surface area (Å²) in [5, 5.41) is 8.50. The highest BCUT2D eigenvalue weighted by atomic mass is 16.5. The van der Waals surface area contributed by atoms with Gasteiger partial charge in [0.2, 0.25) is 0 Å². The van der Waals surface area contributed by atoms with Gasteiger partial charge in [0.15, 0.2) is 0 Å². The smallest absolute Gasteiger partial charge is 0.338 e. The van der Waals surface area contributed by atoms with E-state index in [1.54, 1.807) is 19.9 Å². The monoisotopic (exact) mass is 210 g/mol. The zero-order chi connectivity index (χ0) is 11.8. The second-order valence-electron chi connectivity index (χ2n) is 2.86. The van der Waals surface area contributed by atoms with E-state index in [0.29, 0.717) is 5.57 Å². The molecule has 0 fully saturated rings. The van der Waals surface area contributed by atoms with Crippen LogP contribution in [0.1, 0.15) is 20.8 Å². The molecular weight excluding hydrogens is 196 g/mol. The molecule has 0 bridgehead atoms. The van der Waals surface area contributed by atoms with E-state index in [2.05, 4.69) is 0 Å². The van der Waals surface area contributed by atoms with Crippen molar-refractivity contribution in [1.82, 2.24) is 0 Å². The molecule has 0 aliphatic rings. The van der Waals surface area contributed by atoms with Crippen molar-refractivity contribution in [2.45, 2.75) is 20.8 Å². The third kappa shape index (κ3) is 5.46. The van der Waals surface area contributed by atoms with Crippen LogP contribution >= 0.6 is 0 Å². The Bertz CT molecular complexity index is 334. The minimum atomic E-state index is -1.00. The molecule has 4 heteroatoms. The van der Waals surface area contributed by atoms with Crippen molar-refractivity contribution in [1.29, 1.82) is 0 Å². The summed E-state index contributed by atoms with van der Waals surface area (Å²) >= 11 is 0. The SMILES string of the molecule is CC=C(C)C(=O)OC=CC=C(C)C(=O)O. The molecule has 4 nitrogen and oxygen atoms in total. The van der Waals surface area contributed by atoms with Gasteiger partial charge in [0.1, 0.15) is 0 Å². The lowest BCUT2D eigenvalue weighted by Gasteiger charge is -1.96. The van der Waals surface area contributed by atoms with Crippen molar-refractivity contribution >= 4 is 11.9 Å². The van der Waals surface area contributed by atoms with Crippen molar-refractivity contribution in [2.75, 3.05) is 0 Å². The van der Waals surface area contributed by atoms with Crippen molar-refractivity contribution in [3.05, 3.63) is 35.6 Å². The summed E-state index contributed by atoms with van der Waals surface area (Å²) in [6.07, 6.45) is 5.50. The standard InChI is InChI=1S/C11H14O4/c1-4-8(2)11(14)15-7-5-6-9(3)10(12)13/h4-7H,1-3H3,(H,12,13). The average Bonchev–Trinajstić information content (AvgIpc) is 2.22. The highest BCUT2D eigenvalue weighted by Crippen LogP contribution is 1.97. The maximum atomic E-state index is 11.1. The Balaban J connectivity index is 4.18. The number of carbonyl (C=O) groups excluding carboxylic acids is 1. The molecule has 1 N–H and O–H groups in total. The van der Waals surface area contributed by atoms with E-state index in [1.807, 2.05) is 0 Å². The highest BCUT2D eigenvalue weighted by Gasteiger charge is 2.01. The molecule has 0 unspecified atom stereocenters. The van der Waals surface area contributed by atoms with Gasteiger partial charge in [-0.1, -0.05) is 6.08 Å².